The highest BCUT2D eigenvalue weighted by Crippen LogP contribution is 2.28. The number of rotatable bonds is 3. The summed E-state index contributed by atoms with van der Waals surface area (Å²) >= 11 is 0. The second-order valence-corrected chi connectivity index (χ2v) is 4.91. The van der Waals surface area contributed by atoms with Gasteiger partial charge in [-0.2, -0.15) is 0 Å². The molecule has 2 heterocycles. The fourth-order valence-corrected chi connectivity index (χ4v) is 2.39. The van der Waals surface area contributed by atoms with Gasteiger partial charge in [0, 0.05) is 5.56 Å². The molecule has 0 saturated carbocycles. The first kappa shape index (κ1) is 14.2. The number of aliphatic hydroxyl groups is 3. The van der Waals surface area contributed by atoms with E-state index in [1.807, 2.05) is 30.3 Å². The highest BCUT2D eigenvalue weighted by molar-refractivity contribution is 5.57. The van der Waals surface area contributed by atoms with Gasteiger partial charge in [0.1, 0.15) is 36.7 Å². The molecule has 3 N–H and O–H groups in total. The molecule has 0 unspecified atom stereocenters. The van der Waals surface area contributed by atoms with Crippen molar-refractivity contribution in [2.45, 2.75) is 24.4 Å². The molecule has 1 aromatic heterocycles. The van der Waals surface area contributed by atoms with Crippen molar-refractivity contribution in [1.29, 1.82) is 0 Å². The van der Waals surface area contributed by atoms with Crippen molar-refractivity contribution in [1.82, 2.24) is 15.0 Å². The fraction of sp³-hybridized carbons (Fsp3) is 0.357. The number of ether oxygens (including phenoxy) is 1. The van der Waals surface area contributed by atoms with Crippen molar-refractivity contribution in [3.8, 4) is 11.3 Å². The highest BCUT2D eigenvalue weighted by atomic mass is 16.5. The minimum absolute atomic E-state index is 0.346. The smallest absolute Gasteiger partial charge is 0.115 e. The summed E-state index contributed by atoms with van der Waals surface area (Å²) in [6.07, 6.45) is -1.25. The maximum atomic E-state index is 10.2. The van der Waals surface area contributed by atoms with E-state index in [0.717, 1.165) is 5.56 Å². The van der Waals surface area contributed by atoms with Gasteiger partial charge in [-0.15, -0.1) is 5.10 Å². The molecule has 0 aliphatic carbocycles. The van der Waals surface area contributed by atoms with Crippen LogP contribution in [-0.2, 0) is 4.74 Å². The van der Waals surface area contributed by atoms with Crippen LogP contribution in [0.5, 0.6) is 0 Å². The van der Waals surface area contributed by atoms with Crippen LogP contribution in [0.2, 0.25) is 0 Å². The van der Waals surface area contributed by atoms with Gasteiger partial charge >= 0.3 is 0 Å². The summed E-state index contributed by atoms with van der Waals surface area (Å²) in [5, 5.41) is 37.3. The largest absolute Gasteiger partial charge is 0.394 e. The van der Waals surface area contributed by atoms with Crippen molar-refractivity contribution >= 4 is 0 Å². The van der Waals surface area contributed by atoms with Crippen LogP contribution in [0.15, 0.2) is 36.5 Å². The Labute approximate surface area is 121 Å². The van der Waals surface area contributed by atoms with Gasteiger partial charge in [0.05, 0.1) is 12.8 Å². The van der Waals surface area contributed by atoms with Crippen molar-refractivity contribution in [3.05, 3.63) is 43.1 Å². The summed E-state index contributed by atoms with van der Waals surface area (Å²) in [5.41, 5.74) is 1.53. The average molecular weight is 290 g/mol. The maximum Gasteiger partial charge on any atom is 0.115 e. The summed E-state index contributed by atoms with van der Waals surface area (Å²) < 4.78 is 6.46. The molecule has 1 aliphatic rings. The number of nitrogens with zero attached hydrogens (tertiary/aromatic N) is 3. The molecule has 21 heavy (non-hydrogen) atoms. The molecule has 7 heteroatoms. The van der Waals surface area contributed by atoms with Gasteiger partial charge in [0.15, 0.2) is 0 Å². The Balaban J connectivity index is 1.88. The van der Waals surface area contributed by atoms with E-state index in [1.165, 1.54) is 11.3 Å². The lowest BCUT2D eigenvalue weighted by Crippen LogP contribution is -2.49. The molecule has 0 amide bonds. The van der Waals surface area contributed by atoms with Crippen LogP contribution in [0.1, 0.15) is 6.04 Å². The molecule has 4 atom stereocenters. The highest BCUT2D eigenvalue weighted by Gasteiger charge is 2.40. The molecule has 1 radical (unpaired) electrons. The third-order valence-electron chi connectivity index (χ3n) is 3.54. The van der Waals surface area contributed by atoms with Crippen LogP contribution in [0.25, 0.3) is 11.3 Å². The third kappa shape index (κ3) is 2.68. The van der Waals surface area contributed by atoms with Gasteiger partial charge in [-0.3, -0.25) is 0 Å². The Morgan fingerprint density at radius 3 is 2.67 bits per heavy atom. The number of aliphatic hydroxyl groups excluding tert-OH is 3. The van der Waals surface area contributed by atoms with Gasteiger partial charge in [-0.1, -0.05) is 35.5 Å². The standard InChI is InChI=1S/C14H16N3O4/c18-7-12-14(20)13(11(19)8-21-12)17-6-10(15-16-17)9-4-2-1-3-5-9/h1-6,8,11-14,18-20H,7H2/t11-,12+,13+,14-/m0/s1. The molecular weight excluding hydrogens is 274 g/mol. The zero-order valence-electron chi connectivity index (χ0n) is 11.1. The third-order valence-corrected chi connectivity index (χ3v) is 3.54. The number of aromatic nitrogens is 3. The lowest BCUT2D eigenvalue weighted by atomic mass is 9.97. The SMILES string of the molecule is OC[C@H]1O[CH][C@H](O)[C@@H](n2cc(-c3ccccc3)nn2)[C@H]1O. The Hall–Kier alpha value is -1.80. The van der Waals surface area contributed by atoms with Crippen LogP contribution in [0.4, 0.5) is 0 Å². The Morgan fingerprint density at radius 2 is 1.95 bits per heavy atom. The molecule has 1 fully saturated rings. The zero-order valence-corrected chi connectivity index (χ0v) is 11.1. The summed E-state index contributed by atoms with van der Waals surface area (Å²) in [7, 11) is 0. The van der Waals surface area contributed by atoms with Gasteiger partial charge in [0.25, 0.3) is 0 Å². The van der Waals surface area contributed by atoms with E-state index in [0.29, 0.717) is 5.69 Å². The first-order chi connectivity index (χ1) is 10.2. The normalized spacial score (nSPS) is 29.5. The van der Waals surface area contributed by atoms with E-state index in [2.05, 4.69) is 10.3 Å². The monoisotopic (exact) mass is 290 g/mol. The fourth-order valence-electron chi connectivity index (χ4n) is 2.39. The van der Waals surface area contributed by atoms with Crippen LogP contribution >= 0.6 is 0 Å². The first-order valence-electron chi connectivity index (χ1n) is 6.63. The summed E-state index contributed by atoms with van der Waals surface area (Å²) in [5.74, 6) is 0. The average Bonchev–Trinajstić information content (AvgIpc) is 2.98. The quantitative estimate of drug-likeness (QED) is 0.721. The lowest BCUT2D eigenvalue weighted by Gasteiger charge is -2.36. The van der Waals surface area contributed by atoms with Crippen LogP contribution in [-0.4, -0.2) is 55.2 Å². The molecule has 111 valence electrons. The van der Waals surface area contributed by atoms with E-state index >= 15 is 0 Å². The molecule has 0 bridgehead atoms. The van der Waals surface area contributed by atoms with E-state index in [-0.39, 0.29) is 6.61 Å². The van der Waals surface area contributed by atoms with E-state index in [1.54, 1.807) is 6.20 Å². The lowest BCUT2D eigenvalue weighted by molar-refractivity contribution is -0.137. The van der Waals surface area contributed by atoms with Gasteiger partial charge in [-0.05, 0) is 0 Å². The minimum Gasteiger partial charge on any atom is -0.394 e. The second-order valence-electron chi connectivity index (χ2n) is 4.91. The molecule has 7 nitrogen and oxygen atoms in total. The molecule has 3 rings (SSSR count). The van der Waals surface area contributed by atoms with Gasteiger partial charge in [-0.25, -0.2) is 4.68 Å². The number of hydrogen-bond donors (Lipinski definition) is 3. The zero-order chi connectivity index (χ0) is 14.8. The molecule has 0 spiro atoms. The van der Waals surface area contributed by atoms with E-state index < -0.39 is 24.4 Å². The predicted molar refractivity (Wildman–Crippen MR) is 72.8 cm³/mol. The molecule has 2 aromatic rings. The number of hydrogen-bond acceptors (Lipinski definition) is 6. The minimum atomic E-state index is -1.08. The van der Waals surface area contributed by atoms with Crippen molar-refractivity contribution in [2.75, 3.05) is 6.61 Å². The molecule has 1 aromatic carbocycles. The summed E-state index contributed by atoms with van der Waals surface area (Å²) in [6, 6.07) is 8.73. The number of benzene rings is 1. The van der Waals surface area contributed by atoms with E-state index in [4.69, 9.17) is 9.84 Å². The molecular formula is C14H16N3O4. The maximum absolute atomic E-state index is 10.2. The first-order valence-corrected chi connectivity index (χ1v) is 6.63. The van der Waals surface area contributed by atoms with Gasteiger partial charge in [0.2, 0.25) is 0 Å². The van der Waals surface area contributed by atoms with Crippen molar-refractivity contribution in [2.24, 2.45) is 0 Å². The molecule has 1 aliphatic heterocycles. The van der Waals surface area contributed by atoms with Crippen molar-refractivity contribution < 1.29 is 20.1 Å². The summed E-state index contributed by atoms with van der Waals surface area (Å²) in [4.78, 5) is 0. The van der Waals surface area contributed by atoms with Crippen molar-refractivity contribution in [3.63, 3.8) is 0 Å². The Kier molecular flexibility index (Phi) is 3.98. The predicted octanol–water partition coefficient (Wildman–Crippen LogP) is -0.239. The Bertz CT molecular complexity index is 589. The van der Waals surface area contributed by atoms with Gasteiger partial charge < -0.3 is 20.1 Å². The second kappa shape index (κ2) is 5.90. The topological polar surface area (TPSA) is 101 Å². The van der Waals surface area contributed by atoms with Crippen LogP contribution < -0.4 is 0 Å². The molecule has 1 saturated heterocycles. The Morgan fingerprint density at radius 1 is 1.19 bits per heavy atom. The van der Waals surface area contributed by atoms with Crippen LogP contribution in [0, 0.1) is 6.61 Å². The van der Waals surface area contributed by atoms with Crippen LogP contribution in [0.3, 0.4) is 0 Å². The summed E-state index contributed by atoms with van der Waals surface area (Å²) in [6.45, 7) is 0.850. The van der Waals surface area contributed by atoms with E-state index in [9.17, 15) is 10.2 Å².